The number of carbonyl (C=O) groups is 1. The summed E-state index contributed by atoms with van der Waals surface area (Å²) in [5.74, 6) is -1.03. The number of hydrogen-bond donors (Lipinski definition) is 3. The largest absolute Gasteiger partial charge is 0.480 e. The average molecular weight is 390 g/mol. The van der Waals surface area contributed by atoms with Gasteiger partial charge in [-0.25, -0.2) is 5.43 Å². The van der Waals surface area contributed by atoms with Gasteiger partial charge in [-0.2, -0.15) is 13.2 Å². The maximum Gasteiger partial charge on any atom is 0.425 e. The number of carboxylic acids is 1. The lowest BCUT2D eigenvalue weighted by molar-refractivity contribution is -0.246. The van der Waals surface area contributed by atoms with Crippen LogP contribution < -0.4 is 5.43 Å². The van der Waals surface area contributed by atoms with E-state index >= 15 is 0 Å². The Hall–Kier alpha value is -2.84. The highest BCUT2D eigenvalue weighted by atomic mass is 19.4. The van der Waals surface area contributed by atoms with Crippen LogP contribution in [0.4, 0.5) is 13.2 Å². The number of hydrazine groups is 1. The lowest BCUT2D eigenvalue weighted by atomic mass is 9.88. The van der Waals surface area contributed by atoms with Gasteiger partial charge in [0.15, 0.2) is 0 Å². The Morgan fingerprint density at radius 3 is 2.61 bits per heavy atom. The highest BCUT2D eigenvalue weighted by molar-refractivity contribution is 5.91. The van der Waals surface area contributed by atoms with Crippen molar-refractivity contribution in [1.29, 1.82) is 0 Å². The Labute approximate surface area is 158 Å². The van der Waals surface area contributed by atoms with Crippen LogP contribution in [0.5, 0.6) is 0 Å². The van der Waals surface area contributed by atoms with Crippen LogP contribution >= 0.6 is 0 Å². The smallest absolute Gasteiger partial charge is 0.425 e. The summed E-state index contributed by atoms with van der Waals surface area (Å²) in [5, 5.41) is 21.2. The molecule has 8 heteroatoms. The van der Waals surface area contributed by atoms with Crippen LogP contribution in [0.3, 0.4) is 0 Å². The Morgan fingerprint density at radius 1 is 1.21 bits per heavy atom. The summed E-state index contributed by atoms with van der Waals surface area (Å²) in [4.78, 5) is 10.9. The van der Waals surface area contributed by atoms with E-state index in [4.69, 9.17) is 5.11 Å². The normalized spacial score (nSPS) is 20.8. The standard InChI is InChI=1S/C20H17F3N2O3/c1-11-6-14(12-8-24-25(9-12)10-17(26)27)18-13-4-2-3-5-15(13)19(28,16(18)7-11)20(21,22)23/h2-7,9,24,28H,8,10H2,1H3,(H,26,27). The van der Waals surface area contributed by atoms with Crippen LogP contribution in [0.15, 0.2) is 42.6 Å². The molecule has 0 saturated carbocycles. The first-order chi connectivity index (χ1) is 13.1. The summed E-state index contributed by atoms with van der Waals surface area (Å²) in [6, 6.07) is 9.08. The van der Waals surface area contributed by atoms with Crippen molar-refractivity contribution >= 4 is 11.5 Å². The van der Waals surface area contributed by atoms with Crippen molar-refractivity contribution < 1.29 is 28.2 Å². The first-order valence-corrected chi connectivity index (χ1v) is 8.60. The van der Waals surface area contributed by atoms with Gasteiger partial charge in [0, 0.05) is 23.9 Å². The van der Waals surface area contributed by atoms with Crippen molar-refractivity contribution in [2.75, 3.05) is 13.1 Å². The van der Waals surface area contributed by atoms with Gasteiger partial charge in [-0.1, -0.05) is 42.0 Å². The number of hydrogen-bond acceptors (Lipinski definition) is 4. The quantitative estimate of drug-likeness (QED) is 0.752. The number of nitrogens with zero attached hydrogens (tertiary/aromatic N) is 1. The van der Waals surface area contributed by atoms with Crippen molar-refractivity contribution in [1.82, 2.24) is 10.4 Å². The van der Waals surface area contributed by atoms with Crippen LogP contribution in [-0.2, 0) is 10.4 Å². The molecule has 0 amide bonds. The predicted octanol–water partition coefficient (Wildman–Crippen LogP) is 3.02. The molecule has 1 aliphatic heterocycles. The van der Waals surface area contributed by atoms with E-state index in [-0.39, 0.29) is 24.2 Å². The number of halogens is 3. The second-order valence-corrected chi connectivity index (χ2v) is 7.00. The van der Waals surface area contributed by atoms with Crippen LogP contribution in [0, 0.1) is 6.92 Å². The van der Waals surface area contributed by atoms with Crippen LogP contribution in [-0.4, -0.2) is 40.5 Å². The fraction of sp³-hybridized carbons (Fsp3) is 0.250. The monoisotopic (exact) mass is 390 g/mol. The van der Waals surface area contributed by atoms with Gasteiger partial charge >= 0.3 is 12.1 Å². The number of rotatable bonds is 3. The maximum atomic E-state index is 14.0. The van der Waals surface area contributed by atoms with Crippen molar-refractivity contribution in [3.05, 3.63) is 64.9 Å². The van der Waals surface area contributed by atoms with Crippen molar-refractivity contribution in [3.63, 3.8) is 0 Å². The summed E-state index contributed by atoms with van der Waals surface area (Å²) < 4.78 is 42.0. The number of benzene rings is 2. The third kappa shape index (κ3) is 2.60. The van der Waals surface area contributed by atoms with Gasteiger partial charge in [-0.05, 0) is 29.2 Å². The van der Waals surface area contributed by atoms with E-state index in [0.29, 0.717) is 27.8 Å². The van der Waals surface area contributed by atoms with Crippen molar-refractivity contribution in [3.8, 4) is 11.1 Å². The fourth-order valence-electron chi connectivity index (χ4n) is 3.96. The Bertz CT molecular complexity index is 1020. The van der Waals surface area contributed by atoms with Gasteiger partial charge < -0.3 is 15.2 Å². The summed E-state index contributed by atoms with van der Waals surface area (Å²) in [7, 11) is 0. The van der Waals surface area contributed by atoms with Gasteiger partial charge in [0.2, 0.25) is 5.60 Å². The van der Waals surface area contributed by atoms with E-state index in [9.17, 15) is 23.1 Å². The molecule has 0 bridgehead atoms. The Morgan fingerprint density at radius 2 is 1.93 bits per heavy atom. The second-order valence-electron chi connectivity index (χ2n) is 7.00. The molecule has 2 aromatic carbocycles. The molecule has 0 fully saturated rings. The topological polar surface area (TPSA) is 72.8 Å². The van der Waals surface area contributed by atoms with Crippen molar-refractivity contribution in [2.24, 2.45) is 0 Å². The van der Waals surface area contributed by atoms with Crippen LogP contribution in [0.2, 0.25) is 0 Å². The second kappa shape index (κ2) is 6.08. The molecule has 146 valence electrons. The van der Waals surface area contributed by atoms with Gasteiger partial charge in [-0.3, -0.25) is 4.79 Å². The zero-order chi connectivity index (χ0) is 20.3. The third-order valence-electron chi connectivity index (χ3n) is 5.10. The van der Waals surface area contributed by atoms with Gasteiger partial charge in [0.25, 0.3) is 0 Å². The number of alkyl halides is 3. The van der Waals surface area contributed by atoms with Gasteiger partial charge in [-0.15, -0.1) is 0 Å². The van der Waals surface area contributed by atoms with Crippen LogP contribution in [0.25, 0.3) is 16.7 Å². The molecule has 1 atom stereocenters. The zero-order valence-corrected chi connectivity index (χ0v) is 14.8. The summed E-state index contributed by atoms with van der Waals surface area (Å²) in [5.41, 5.74) is 1.83. The highest BCUT2D eigenvalue weighted by Gasteiger charge is 2.61. The number of aryl methyl sites for hydroxylation is 1. The van der Waals surface area contributed by atoms with Crippen LogP contribution in [0.1, 0.15) is 22.3 Å². The van der Waals surface area contributed by atoms with E-state index in [2.05, 4.69) is 5.43 Å². The van der Waals surface area contributed by atoms with E-state index < -0.39 is 17.7 Å². The Balaban J connectivity index is 1.96. The van der Waals surface area contributed by atoms with Gasteiger partial charge in [0.1, 0.15) is 6.54 Å². The van der Waals surface area contributed by atoms with Gasteiger partial charge in [0.05, 0.1) is 0 Å². The summed E-state index contributed by atoms with van der Waals surface area (Å²) >= 11 is 0. The third-order valence-corrected chi connectivity index (χ3v) is 5.10. The molecule has 2 aliphatic rings. The van der Waals surface area contributed by atoms with E-state index in [1.54, 1.807) is 31.3 Å². The molecule has 3 N–H and O–H groups in total. The SMILES string of the molecule is Cc1cc(C2=CN(CC(=O)O)NC2)c2c(c1)C(O)(C(F)(F)F)c1ccccc1-2. The van der Waals surface area contributed by atoms with E-state index in [1.165, 1.54) is 23.2 Å². The molecular formula is C20H17F3N2O3. The zero-order valence-electron chi connectivity index (χ0n) is 14.8. The lowest BCUT2D eigenvalue weighted by Crippen LogP contribution is -2.41. The number of carboxylic acid groups (broad SMARTS) is 1. The minimum Gasteiger partial charge on any atom is -0.480 e. The molecule has 0 spiro atoms. The molecule has 4 rings (SSSR count). The number of aliphatic carboxylic acids is 1. The minimum atomic E-state index is -4.89. The molecule has 1 aliphatic carbocycles. The maximum absolute atomic E-state index is 14.0. The predicted molar refractivity (Wildman–Crippen MR) is 96.0 cm³/mol. The fourth-order valence-corrected chi connectivity index (χ4v) is 3.96. The number of aliphatic hydroxyl groups is 1. The van der Waals surface area contributed by atoms with E-state index in [1.807, 2.05) is 0 Å². The molecule has 5 nitrogen and oxygen atoms in total. The summed E-state index contributed by atoms with van der Waals surface area (Å²) in [6.45, 7) is 1.66. The molecule has 2 aromatic rings. The molecular weight excluding hydrogens is 373 g/mol. The lowest BCUT2D eigenvalue weighted by Gasteiger charge is -2.28. The Kier molecular flexibility index (Phi) is 4.02. The average Bonchev–Trinajstić information content (AvgIpc) is 3.16. The molecule has 28 heavy (non-hydrogen) atoms. The van der Waals surface area contributed by atoms with Crippen molar-refractivity contribution in [2.45, 2.75) is 18.7 Å². The highest BCUT2D eigenvalue weighted by Crippen LogP contribution is 2.56. The molecule has 0 saturated heterocycles. The molecule has 1 unspecified atom stereocenters. The summed E-state index contributed by atoms with van der Waals surface area (Å²) in [6.07, 6.45) is -3.31. The first-order valence-electron chi connectivity index (χ1n) is 8.60. The molecule has 0 aromatic heterocycles. The first kappa shape index (κ1) is 18.5. The van der Waals surface area contributed by atoms with E-state index in [0.717, 1.165) is 0 Å². The minimum absolute atomic E-state index is 0.196. The number of fused-ring (bicyclic) bond motifs is 3. The molecule has 1 heterocycles. The number of nitrogens with one attached hydrogen (secondary N) is 1. The molecule has 0 radical (unpaired) electrons.